The van der Waals surface area contributed by atoms with Crippen molar-refractivity contribution >= 4 is 43.5 Å². The maximum Gasteiger partial charge on any atom is 0.164 e. The van der Waals surface area contributed by atoms with E-state index in [1.54, 1.807) is 0 Å². The Labute approximate surface area is 294 Å². The first-order valence-corrected chi connectivity index (χ1v) is 17.1. The van der Waals surface area contributed by atoms with Crippen LogP contribution in [0.15, 0.2) is 180 Å². The fourth-order valence-corrected chi connectivity index (χ4v) is 7.22. The van der Waals surface area contributed by atoms with Crippen LogP contribution in [0.2, 0.25) is 0 Å². The van der Waals surface area contributed by atoms with Gasteiger partial charge in [0.25, 0.3) is 0 Å². The highest BCUT2D eigenvalue weighted by atomic mass is 16.3. The quantitative estimate of drug-likeness (QED) is 0.186. The third-order valence-electron chi connectivity index (χ3n) is 9.70. The molecule has 0 fully saturated rings. The molecule has 10 rings (SSSR count). The minimum Gasteiger partial charge on any atom is -0.455 e. The number of hydrogen-bond donors (Lipinski definition) is 0. The van der Waals surface area contributed by atoms with Crippen LogP contribution in [0.25, 0.3) is 99.9 Å². The maximum atomic E-state index is 6.81. The largest absolute Gasteiger partial charge is 0.455 e. The van der Waals surface area contributed by atoms with E-state index in [0.29, 0.717) is 17.5 Å². The molecule has 0 saturated heterocycles. The molecule has 0 saturated carbocycles. The zero-order valence-corrected chi connectivity index (χ0v) is 27.5. The van der Waals surface area contributed by atoms with E-state index < -0.39 is 0 Å². The molecule has 8 aromatic carbocycles. The molecule has 0 aliphatic heterocycles. The Hall–Kier alpha value is -6.91. The number of aromatic nitrogens is 3. The van der Waals surface area contributed by atoms with Gasteiger partial charge >= 0.3 is 0 Å². The van der Waals surface area contributed by atoms with Gasteiger partial charge in [0.2, 0.25) is 0 Å². The van der Waals surface area contributed by atoms with Gasteiger partial charge in [-0.05, 0) is 74.6 Å². The van der Waals surface area contributed by atoms with E-state index in [4.69, 9.17) is 19.4 Å². The molecular weight excluding hydrogens is 623 g/mol. The van der Waals surface area contributed by atoms with Gasteiger partial charge in [-0.2, -0.15) is 0 Å². The highest BCUT2D eigenvalue weighted by Gasteiger charge is 2.22. The molecule has 238 valence electrons. The fourth-order valence-electron chi connectivity index (χ4n) is 7.22. The lowest BCUT2D eigenvalue weighted by Crippen LogP contribution is -2.00. The van der Waals surface area contributed by atoms with Crippen LogP contribution in [-0.4, -0.2) is 15.0 Å². The summed E-state index contributed by atoms with van der Waals surface area (Å²) in [4.78, 5) is 15.4. The Morgan fingerprint density at radius 1 is 0.333 bits per heavy atom. The first-order chi connectivity index (χ1) is 25.3. The molecule has 0 atom stereocenters. The monoisotopic (exact) mass is 651 g/mol. The van der Waals surface area contributed by atoms with Gasteiger partial charge in [-0.25, -0.2) is 15.0 Å². The molecule has 51 heavy (non-hydrogen) atoms. The minimum atomic E-state index is 0.594. The first kappa shape index (κ1) is 29.0. The second-order valence-electron chi connectivity index (χ2n) is 12.8. The van der Waals surface area contributed by atoms with Crippen LogP contribution in [0.3, 0.4) is 0 Å². The molecule has 0 unspecified atom stereocenters. The Bertz CT molecular complexity index is 2910. The molecule has 0 aliphatic carbocycles. The van der Waals surface area contributed by atoms with E-state index in [2.05, 4.69) is 133 Å². The molecule has 4 nitrogen and oxygen atoms in total. The molecular formula is C47H29N3O. The lowest BCUT2D eigenvalue weighted by Gasteiger charge is -2.15. The van der Waals surface area contributed by atoms with Crippen molar-refractivity contribution in [2.75, 3.05) is 0 Å². The molecule has 2 aromatic heterocycles. The molecule has 0 bridgehead atoms. The van der Waals surface area contributed by atoms with Crippen LogP contribution in [0.5, 0.6) is 0 Å². The van der Waals surface area contributed by atoms with Gasteiger partial charge in [-0.3, -0.25) is 0 Å². The highest BCUT2D eigenvalue weighted by molar-refractivity contribution is 6.17. The number of nitrogens with zero attached hydrogens (tertiary/aromatic N) is 3. The average Bonchev–Trinajstić information content (AvgIpc) is 3.60. The summed E-state index contributed by atoms with van der Waals surface area (Å²) >= 11 is 0. The first-order valence-electron chi connectivity index (χ1n) is 17.1. The number of rotatable bonds is 5. The smallest absolute Gasteiger partial charge is 0.164 e. The van der Waals surface area contributed by atoms with E-state index in [9.17, 15) is 0 Å². The van der Waals surface area contributed by atoms with Crippen molar-refractivity contribution in [3.63, 3.8) is 0 Å². The van der Waals surface area contributed by atoms with Gasteiger partial charge in [0.05, 0.1) is 0 Å². The second-order valence-corrected chi connectivity index (χ2v) is 12.8. The maximum absolute atomic E-state index is 6.81. The van der Waals surface area contributed by atoms with E-state index in [0.717, 1.165) is 66.3 Å². The van der Waals surface area contributed by atoms with Crippen molar-refractivity contribution in [1.82, 2.24) is 15.0 Å². The molecule has 0 N–H and O–H groups in total. The van der Waals surface area contributed by atoms with Gasteiger partial charge < -0.3 is 4.42 Å². The summed E-state index contributed by atoms with van der Waals surface area (Å²) in [5.41, 5.74) is 8.79. The summed E-state index contributed by atoms with van der Waals surface area (Å²) in [7, 11) is 0. The van der Waals surface area contributed by atoms with Crippen LogP contribution in [0, 0.1) is 0 Å². The van der Waals surface area contributed by atoms with Crippen molar-refractivity contribution in [1.29, 1.82) is 0 Å². The van der Waals surface area contributed by atoms with Crippen molar-refractivity contribution in [3.8, 4) is 56.4 Å². The Morgan fingerprint density at radius 2 is 0.882 bits per heavy atom. The van der Waals surface area contributed by atoms with Crippen molar-refractivity contribution in [3.05, 3.63) is 176 Å². The molecule has 0 radical (unpaired) electrons. The van der Waals surface area contributed by atoms with Crippen LogP contribution in [0.1, 0.15) is 0 Å². The number of furan rings is 1. The zero-order valence-electron chi connectivity index (χ0n) is 27.5. The average molecular weight is 652 g/mol. The summed E-state index contributed by atoms with van der Waals surface area (Å²) in [6, 6.07) is 61.0. The predicted octanol–water partition coefficient (Wildman–Crippen LogP) is 12.4. The SMILES string of the molecule is c1ccc(-c2nc(-c3ccc4ccccc4c3)nc(-c3ccc(-c4cc5ccccc5cc4-c4ccccc4)c4oc5ccccc5c34)n2)cc1. The molecule has 10 aromatic rings. The summed E-state index contributed by atoms with van der Waals surface area (Å²) in [5, 5.41) is 6.66. The van der Waals surface area contributed by atoms with E-state index in [1.807, 2.05) is 42.5 Å². The van der Waals surface area contributed by atoms with Gasteiger partial charge in [0.15, 0.2) is 17.5 Å². The van der Waals surface area contributed by atoms with Crippen LogP contribution < -0.4 is 0 Å². The lowest BCUT2D eigenvalue weighted by atomic mass is 9.89. The lowest BCUT2D eigenvalue weighted by molar-refractivity contribution is 0.670. The van der Waals surface area contributed by atoms with Crippen molar-refractivity contribution in [2.24, 2.45) is 0 Å². The number of fused-ring (bicyclic) bond motifs is 5. The van der Waals surface area contributed by atoms with Crippen LogP contribution in [0.4, 0.5) is 0 Å². The number of benzene rings is 8. The fraction of sp³-hybridized carbons (Fsp3) is 0. The van der Waals surface area contributed by atoms with Crippen LogP contribution in [-0.2, 0) is 0 Å². The van der Waals surface area contributed by atoms with Crippen LogP contribution >= 0.6 is 0 Å². The summed E-state index contributed by atoms with van der Waals surface area (Å²) in [6.45, 7) is 0. The Balaban J connectivity index is 1.25. The normalized spacial score (nSPS) is 11.5. The Morgan fingerprint density at radius 3 is 1.63 bits per heavy atom. The second kappa shape index (κ2) is 11.9. The standard InChI is InChI=1S/C47H29N3O/c1-3-14-31(15-4-1)40-28-34-19-9-10-20-35(34)29-41(40)37-25-26-39(43-38-21-11-12-22-42(38)51-44(37)43)47-49-45(32-16-5-2-6-17-32)48-46(50-47)36-24-23-30-13-7-8-18-33(30)27-36/h1-29H. The predicted molar refractivity (Wildman–Crippen MR) is 209 cm³/mol. The minimum absolute atomic E-state index is 0.594. The van der Waals surface area contributed by atoms with Crippen molar-refractivity contribution < 1.29 is 4.42 Å². The molecule has 0 aliphatic rings. The van der Waals surface area contributed by atoms with Crippen molar-refractivity contribution in [2.45, 2.75) is 0 Å². The van der Waals surface area contributed by atoms with E-state index in [-0.39, 0.29) is 0 Å². The van der Waals surface area contributed by atoms with Gasteiger partial charge in [0, 0.05) is 33.0 Å². The highest BCUT2D eigenvalue weighted by Crippen LogP contribution is 2.45. The zero-order chi connectivity index (χ0) is 33.7. The van der Waals surface area contributed by atoms with Gasteiger partial charge in [-0.15, -0.1) is 0 Å². The Kier molecular flexibility index (Phi) is 6.78. The molecule has 2 heterocycles. The topological polar surface area (TPSA) is 51.8 Å². The number of para-hydroxylation sites is 1. The third-order valence-corrected chi connectivity index (χ3v) is 9.70. The molecule has 0 amide bonds. The van der Waals surface area contributed by atoms with E-state index in [1.165, 1.54) is 16.2 Å². The molecule has 0 spiro atoms. The third kappa shape index (κ3) is 5.04. The summed E-state index contributed by atoms with van der Waals surface area (Å²) in [5.74, 6) is 1.84. The summed E-state index contributed by atoms with van der Waals surface area (Å²) in [6.07, 6.45) is 0. The number of hydrogen-bond acceptors (Lipinski definition) is 4. The van der Waals surface area contributed by atoms with Gasteiger partial charge in [0.1, 0.15) is 11.2 Å². The summed E-state index contributed by atoms with van der Waals surface area (Å²) < 4.78 is 6.81. The molecule has 4 heteroatoms. The van der Waals surface area contributed by atoms with Gasteiger partial charge in [-0.1, -0.05) is 140 Å². The van der Waals surface area contributed by atoms with E-state index >= 15 is 0 Å².